The number of halogens is 3. The fraction of sp³-hybridized carbons (Fsp3) is 0.100. The Balaban J connectivity index is 1.51. The van der Waals surface area contributed by atoms with Gasteiger partial charge in [0.1, 0.15) is 5.75 Å². The van der Waals surface area contributed by atoms with Crippen LogP contribution in [0, 0.1) is 0 Å². The fourth-order valence-electron chi connectivity index (χ4n) is 2.91. The van der Waals surface area contributed by atoms with Crippen molar-refractivity contribution in [1.29, 1.82) is 0 Å². The first kappa shape index (κ1) is 19.7. The number of hydrogen-bond acceptors (Lipinski definition) is 5. The number of carbonyl (C=O) groups excluding carboxylic acids is 2. The van der Waals surface area contributed by atoms with E-state index < -0.39 is 11.5 Å². The van der Waals surface area contributed by atoms with Gasteiger partial charge >= 0.3 is 5.57 Å². The number of benzene rings is 1. The highest BCUT2D eigenvalue weighted by Crippen LogP contribution is 2.27. The Hall–Kier alpha value is -3.59. The highest BCUT2D eigenvalue weighted by Gasteiger charge is 2.27. The molecule has 1 aliphatic rings. The molecule has 0 aliphatic carbocycles. The van der Waals surface area contributed by atoms with Crippen LogP contribution in [0.5, 0.6) is 5.75 Å². The van der Waals surface area contributed by atoms with Crippen LogP contribution < -0.4 is 15.4 Å². The summed E-state index contributed by atoms with van der Waals surface area (Å²) in [5.41, 5.74) is -0.750. The molecule has 3 heterocycles. The number of pyridine rings is 2. The van der Waals surface area contributed by atoms with Gasteiger partial charge in [0, 0.05) is 47.0 Å². The van der Waals surface area contributed by atoms with Gasteiger partial charge in [-0.2, -0.15) is 0 Å². The monoisotopic (exact) mass is 430 g/mol. The summed E-state index contributed by atoms with van der Waals surface area (Å²) in [5.74, 6) is -0.794. The highest BCUT2D eigenvalue weighted by molar-refractivity contribution is 6.20. The third-order valence-corrected chi connectivity index (χ3v) is 4.39. The molecule has 2 N–H and O–H groups in total. The van der Waals surface area contributed by atoms with Crippen LogP contribution in [0.3, 0.4) is 0 Å². The predicted octanol–water partition coefficient (Wildman–Crippen LogP) is 3.81. The van der Waals surface area contributed by atoms with E-state index in [9.17, 15) is 18.4 Å². The third kappa shape index (κ3) is 4.36. The number of aromatic nitrogens is 2. The molecule has 0 unspecified atom stereocenters. The average molecular weight is 431 g/mol. The zero-order chi connectivity index (χ0) is 21.3. The number of hydrogen-bond donors (Lipinski definition) is 2. The third-order valence-electron chi connectivity index (χ3n) is 4.31. The molecule has 0 radical (unpaired) electrons. The maximum atomic E-state index is 12.7. The lowest BCUT2D eigenvalue weighted by atomic mass is 10.0. The van der Waals surface area contributed by atoms with Crippen LogP contribution in [0.25, 0.3) is 11.1 Å². The second kappa shape index (κ2) is 7.68. The molecule has 0 spiro atoms. The summed E-state index contributed by atoms with van der Waals surface area (Å²) in [6.45, 7) is 0.390. The van der Waals surface area contributed by atoms with Crippen LogP contribution in [0.4, 0.5) is 14.5 Å². The van der Waals surface area contributed by atoms with E-state index in [1.807, 2.05) is 0 Å². The van der Waals surface area contributed by atoms with Crippen molar-refractivity contribution in [3.8, 4) is 16.9 Å². The Bertz CT molecular complexity index is 1130. The Kier molecular flexibility index (Phi) is 5.04. The molecular weight excluding hydrogens is 418 g/mol. The van der Waals surface area contributed by atoms with Crippen molar-refractivity contribution in [2.24, 2.45) is 0 Å². The molecule has 1 aliphatic heterocycles. The number of anilines is 1. The summed E-state index contributed by atoms with van der Waals surface area (Å²) in [5, 5.41) is 5.34. The van der Waals surface area contributed by atoms with Gasteiger partial charge < -0.3 is 15.4 Å². The van der Waals surface area contributed by atoms with E-state index in [1.54, 1.807) is 24.5 Å². The maximum absolute atomic E-state index is 12.7. The zero-order valence-corrected chi connectivity index (χ0v) is 15.9. The van der Waals surface area contributed by atoms with Crippen LogP contribution >= 0.6 is 11.6 Å². The second-order valence-corrected chi connectivity index (χ2v) is 6.83. The molecule has 7 nitrogen and oxygen atoms in total. The van der Waals surface area contributed by atoms with E-state index in [-0.39, 0.29) is 17.2 Å². The number of amides is 2. The van der Waals surface area contributed by atoms with Gasteiger partial charge in [-0.25, -0.2) is 0 Å². The topological polar surface area (TPSA) is 93.2 Å². The number of rotatable bonds is 5. The molecule has 0 saturated carbocycles. The summed E-state index contributed by atoms with van der Waals surface area (Å²) < 4.78 is 29.5. The maximum Gasteiger partial charge on any atom is 0.487 e. The van der Waals surface area contributed by atoms with Crippen molar-refractivity contribution >= 4 is 29.1 Å². The first-order valence-corrected chi connectivity index (χ1v) is 9.06. The molecule has 30 heavy (non-hydrogen) atoms. The Morgan fingerprint density at radius 1 is 1.13 bits per heavy atom. The van der Waals surface area contributed by atoms with Crippen LogP contribution in [-0.4, -0.2) is 27.4 Å². The van der Waals surface area contributed by atoms with E-state index in [0.717, 1.165) is 0 Å². The molecule has 2 amide bonds. The van der Waals surface area contributed by atoms with Gasteiger partial charge in [0.15, 0.2) is 0 Å². The van der Waals surface area contributed by atoms with Crippen LogP contribution in [-0.2, 0) is 6.54 Å². The van der Waals surface area contributed by atoms with Gasteiger partial charge in [-0.15, -0.1) is 8.78 Å². The minimum absolute atomic E-state index is 0.148. The van der Waals surface area contributed by atoms with Gasteiger partial charge in [0.05, 0.1) is 23.4 Å². The molecule has 152 valence electrons. The largest absolute Gasteiger partial charge is 0.487 e. The lowest BCUT2D eigenvalue weighted by Crippen LogP contribution is -2.16. The van der Waals surface area contributed by atoms with E-state index in [0.29, 0.717) is 34.6 Å². The van der Waals surface area contributed by atoms with E-state index in [1.165, 1.54) is 30.5 Å². The van der Waals surface area contributed by atoms with Crippen molar-refractivity contribution in [1.82, 2.24) is 15.3 Å². The number of fused-ring (bicyclic) bond motifs is 1. The Labute approximate surface area is 174 Å². The molecule has 0 fully saturated rings. The average Bonchev–Trinajstić information content (AvgIpc) is 3.09. The van der Waals surface area contributed by atoms with Crippen molar-refractivity contribution < 1.29 is 23.1 Å². The molecule has 0 saturated heterocycles. The predicted molar refractivity (Wildman–Crippen MR) is 104 cm³/mol. The van der Waals surface area contributed by atoms with Crippen molar-refractivity contribution in [3.05, 3.63) is 71.8 Å². The normalized spacial score (nSPS) is 12.8. The number of carbonyl (C=O) groups is 2. The van der Waals surface area contributed by atoms with Crippen LogP contribution in [0.2, 0.25) is 0 Å². The SMILES string of the molecule is O=C(Nc1ccc(OC(F)(F)Cl)cc1)c1cncc(-c2cnc3c(c2)C(=O)NC3)c1. The van der Waals surface area contributed by atoms with Crippen molar-refractivity contribution in [2.45, 2.75) is 12.1 Å². The lowest BCUT2D eigenvalue weighted by molar-refractivity contribution is -0.0964. The Morgan fingerprint density at radius 2 is 1.87 bits per heavy atom. The number of nitrogens with one attached hydrogen (secondary N) is 2. The Morgan fingerprint density at radius 3 is 2.60 bits per heavy atom. The van der Waals surface area contributed by atoms with Crippen LogP contribution in [0.15, 0.2) is 55.0 Å². The minimum atomic E-state index is -3.82. The first-order valence-electron chi connectivity index (χ1n) is 8.68. The molecule has 3 aromatic rings. The fourth-order valence-corrected chi connectivity index (χ4v) is 3.00. The summed E-state index contributed by atoms with van der Waals surface area (Å²) in [6, 6.07) is 8.62. The van der Waals surface area contributed by atoms with E-state index in [4.69, 9.17) is 11.6 Å². The minimum Gasteiger partial charge on any atom is -0.420 e. The molecule has 0 bridgehead atoms. The molecule has 2 aromatic heterocycles. The summed E-state index contributed by atoms with van der Waals surface area (Å²) in [7, 11) is 0. The van der Waals surface area contributed by atoms with Gasteiger partial charge in [0.25, 0.3) is 11.8 Å². The second-order valence-electron chi connectivity index (χ2n) is 6.39. The van der Waals surface area contributed by atoms with Gasteiger partial charge in [0.2, 0.25) is 0 Å². The molecule has 4 rings (SSSR count). The number of nitrogens with zero attached hydrogens (tertiary/aromatic N) is 2. The lowest BCUT2D eigenvalue weighted by Gasteiger charge is -2.11. The quantitative estimate of drug-likeness (QED) is 0.600. The summed E-state index contributed by atoms with van der Waals surface area (Å²) in [4.78, 5) is 32.7. The molecular formula is C20H13ClF2N4O3. The molecule has 10 heteroatoms. The zero-order valence-electron chi connectivity index (χ0n) is 15.2. The molecule has 1 aromatic carbocycles. The van der Waals surface area contributed by atoms with Crippen LogP contribution in [0.1, 0.15) is 26.4 Å². The van der Waals surface area contributed by atoms with Crippen molar-refractivity contribution in [2.75, 3.05) is 5.32 Å². The number of alkyl halides is 3. The van der Waals surface area contributed by atoms with E-state index >= 15 is 0 Å². The van der Waals surface area contributed by atoms with E-state index in [2.05, 4.69) is 25.3 Å². The van der Waals surface area contributed by atoms with Crippen molar-refractivity contribution in [3.63, 3.8) is 0 Å². The highest BCUT2D eigenvalue weighted by atomic mass is 35.5. The standard InChI is InChI=1S/C20H13ClF2N4O3/c21-20(22,23)30-15-3-1-14(2-4-15)27-18(28)13-5-11(7-24-8-13)12-6-16-17(25-9-12)10-26-19(16)29/h1-9H,10H2,(H,26,29)(H,27,28). The van der Waals surface area contributed by atoms with Gasteiger partial charge in [-0.1, -0.05) is 0 Å². The van der Waals surface area contributed by atoms with Gasteiger partial charge in [-0.3, -0.25) is 19.6 Å². The first-order chi connectivity index (χ1) is 14.3. The number of ether oxygens (including phenoxy) is 1. The summed E-state index contributed by atoms with van der Waals surface area (Å²) >= 11 is 4.72. The van der Waals surface area contributed by atoms with Gasteiger partial charge in [-0.05, 0) is 36.4 Å². The molecule has 0 atom stereocenters. The smallest absolute Gasteiger partial charge is 0.420 e. The summed E-state index contributed by atoms with van der Waals surface area (Å²) in [6.07, 6.45) is 4.56.